The normalized spacial score (nSPS) is 13.0. The van der Waals surface area contributed by atoms with Crippen LogP contribution in [0, 0.1) is 6.92 Å². The van der Waals surface area contributed by atoms with Crippen LogP contribution in [0.3, 0.4) is 0 Å². The lowest BCUT2D eigenvalue weighted by atomic mass is 10.2. The summed E-state index contributed by atoms with van der Waals surface area (Å²) in [6, 6.07) is 8.12. The summed E-state index contributed by atoms with van der Waals surface area (Å²) in [6.45, 7) is 1.11. The lowest BCUT2D eigenvalue weighted by Gasteiger charge is -2.17. The van der Waals surface area contributed by atoms with Gasteiger partial charge in [-0.3, -0.25) is 4.99 Å². The van der Waals surface area contributed by atoms with Crippen molar-refractivity contribution in [3.8, 4) is 5.75 Å². The molecule has 2 rings (SSSR count). The van der Waals surface area contributed by atoms with Crippen molar-refractivity contribution in [3.63, 3.8) is 0 Å². The molecule has 2 N–H and O–H groups in total. The zero-order valence-electron chi connectivity index (χ0n) is 14.1. The number of alkyl halides is 2. The Hall–Kier alpha value is -2.28. The van der Waals surface area contributed by atoms with Crippen LogP contribution in [0.25, 0.3) is 0 Å². The van der Waals surface area contributed by atoms with E-state index in [0.717, 1.165) is 11.5 Å². The van der Waals surface area contributed by atoms with E-state index in [1.165, 1.54) is 12.1 Å². The molecule has 136 valence electrons. The van der Waals surface area contributed by atoms with Crippen molar-refractivity contribution in [3.05, 3.63) is 52.4 Å². The van der Waals surface area contributed by atoms with Gasteiger partial charge in [0.25, 0.3) is 0 Å². The van der Waals surface area contributed by atoms with E-state index in [1.807, 2.05) is 26.0 Å². The summed E-state index contributed by atoms with van der Waals surface area (Å²) in [5, 5.41) is 6.64. The minimum atomic E-state index is -2.90. The number of aryl methyl sites for hydroxylation is 1. The molecule has 0 aliphatic heterocycles. The molecule has 8 heteroatoms. The van der Waals surface area contributed by atoms with Gasteiger partial charge in [-0.2, -0.15) is 8.78 Å². The maximum atomic E-state index is 12.5. The molecule has 0 radical (unpaired) electrons. The molecule has 0 aliphatic carbocycles. The van der Waals surface area contributed by atoms with Crippen LogP contribution in [0.1, 0.15) is 30.0 Å². The fraction of sp³-hybridized carbons (Fsp3) is 0.353. The third-order valence-electron chi connectivity index (χ3n) is 3.45. The highest BCUT2D eigenvalue weighted by atomic mass is 35.5. The molecule has 1 unspecified atom stereocenters. The summed E-state index contributed by atoms with van der Waals surface area (Å²) in [6.07, 6.45) is 0. The topological polar surface area (TPSA) is 58.8 Å². The van der Waals surface area contributed by atoms with Crippen LogP contribution in [-0.4, -0.2) is 19.6 Å². The first-order valence-corrected chi connectivity index (χ1v) is 8.03. The molecular weight excluding hydrogens is 352 g/mol. The first-order valence-electron chi connectivity index (χ1n) is 7.65. The molecule has 1 aromatic heterocycles. The molecule has 0 saturated heterocycles. The molecule has 1 heterocycles. The van der Waals surface area contributed by atoms with Gasteiger partial charge in [0.05, 0.1) is 6.04 Å². The second-order valence-electron chi connectivity index (χ2n) is 5.37. The van der Waals surface area contributed by atoms with E-state index in [-0.39, 0.29) is 18.3 Å². The molecule has 0 bridgehead atoms. The van der Waals surface area contributed by atoms with Gasteiger partial charge in [0, 0.05) is 24.2 Å². The average molecular weight is 372 g/mol. The van der Waals surface area contributed by atoms with Gasteiger partial charge in [-0.25, -0.2) is 0 Å². The van der Waals surface area contributed by atoms with E-state index in [0.29, 0.717) is 16.5 Å². The van der Waals surface area contributed by atoms with Crippen molar-refractivity contribution in [2.45, 2.75) is 33.0 Å². The Balaban J connectivity index is 2.02. The van der Waals surface area contributed by atoms with Crippen molar-refractivity contribution >= 4 is 17.6 Å². The van der Waals surface area contributed by atoms with Gasteiger partial charge in [0.1, 0.15) is 17.3 Å². The highest BCUT2D eigenvalue weighted by Crippen LogP contribution is 2.24. The van der Waals surface area contributed by atoms with E-state index in [9.17, 15) is 8.78 Å². The smallest absolute Gasteiger partial charge is 0.387 e. The Morgan fingerprint density at radius 1 is 1.32 bits per heavy atom. The quantitative estimate of drug-likeness (QED) is 0.588. The van der Waals surface area contributed by atoms with E-state index in [1.54, 1.807) is 13.1 Å². The van der Waals surface area contributed by atoms with Crippen LogP contribution in [0.2, 0.25) is 5.02 Å². The number of benzene rings is 1. The van der Waals surface area contributed by atoms with Crippen molar-refractivity contribution < 1.29 is 17.9 Å². The van der Waals surface area contributed by atoms with Gasteiger partial charge in [-0.05, 0) is 44.2 Å². The predicted octanol–water partition coefficient (Wildman–Crippen LogP) is 4.27. The van der Waals surface area contributed by atoms with Gasteiger partial charge in [0.2, 0.25) is 0 Å². The molecule has 5 nitrogen and oxygen atoms in total. The highest BCUT2D eigenvalue weighted by molar-refractivity contribution is 6.30. The monoisotopic (exact) mass is 371 g/mol. The number of aliphatic imine (C=N–C) groups is 1. The summed E-state index contributed by atoms with van der Waals surface area (Å²) in [4.78, 5) is 4.12. The number of hydrogen-bond acceptors (Lipinski definition) is 3. The first-order chi connectivity index (χ1) is 11.9. The van der Waals surface area contributed by atoms with Gasteiger partial charge in [-0.15, -0.1) is 0 Å². The molecule has 0 saturated carbocycles. The van der Waals surface area contributed by atoms with Crippen LogP contribution in [0.5, 0.6) is 5.75 Å². The summed E-state index contributed by atoms with van der Waals surface area (Å²) >= 11 is 5.94. The standard InChI is InChI=1S/C17H20ClF2N3O2/c1-10-4-6-14(24-10)11(2)23-17(21-3)22-9-12-8-13(18)5-7-15(12)25-16(19)20/h4-8,11,16H,9H2,1-3H3,(H2,21,22,23). The van der Waals surface area contributed by atoms with E-state index in [2.05, 4.69) is 20.4 Å². The summed E-state index contributed by atoms with van der Waals surface area (Å²) < 4.78 is 35.1. The third kappa shape index (κ3) is 5.63. The SMILES string of the molecule is CN=C(NCc1cc(Cl)ccc1OC(F)F)NC(C)c1ccc(C)o1. The number of furan rings is 1. The van der Waals surface area contributed by atoms with Gasteiger partial charge in [0.15, 0.2) is 5.96 Å². The Morgan fingerprint density at radius 3 is 2.68 bits per heavy atom. The molecule has 1 aromatic carbocycles. The van der Waals surface area contributed by atoms with Gasteiger partial charge in [-0.1, -0.05) is 11.6 Å². The highest BCUT2D eigenvalue weighted by Gasteiger charge is 2.13. The number of nitrogens with one attached hydrogen (secondary N) is 2. The van der Waals surface area contributed by atoms with Gasteiger partial charge >= 0.3 is 6.61 Å². The summed E-state index contributed by atoms with van der Waals surface area (Å²) in [7, 11) is 1.62. The average Bonchev–Trinajstić information content (AvgIpc) is 2.99. The van der Waals surface area contributed by atoms with Crippen LogP contribution < -0.4 is 15.4 Å². The van der Waals surface area contributed by atoms with Crippen molar-refractivity contribution in [2.24, 2.45) is 4.99 Å². The maximum absolute atomic E-state index is 12.5. The van der Waals surface area contributed by atoms with E-state index >= 15 is 0 Å². The van der Waals surface area contributed by atoms with E-state index < -0.39 is 6.61 Å². The third-order valence-corrected chi connectivity index (χ3v) is 3.68. The Morgan fingerprint density at radius 2 is 2.08 bits per heavy atom. The van der Waals surface area contributed by atoms with Crippen LogP contribution in [-0.2, 0) is 6.54 Å². The summed E-state index contributed by atoms with van der Waals surface area (Å²) in [5.74, 6) is 2.14. The predicted molar refractivity (Wildman–Crippen MR) is 93.3 cm³/mol. The van der Waals surface area contributed by atoms with Crippen molar-refractivity contribution in [1.29, 1.82) is 0 Å². The minimum absolute atomic E-state index is 0.0667. The molecule has 0 aliphatic rings. The number of rotatable bonds is 6. The number of nitrogens with zero attached hydrogens (tertiary/aromatic N) is 1. The zero-order valence-corrected chi connectivity index (χ0v) is 14.9. The molecule has 0 amide bonds. The van der Waals surface area contributed by atoms with Gasteiger partial charge < -0.3 is 19.8 Å². The number of halogens is 3. The lowest BCUT2D eigenvalue weighted by Crippen LogP contribution is -2.38. The second-order valence-corrected chi connectivity index (χ2v) is 5.81. The number of hydrogen-bond donors (Lipinski definition) is 2. The fourth-order valence-corrected chi connectivity index (χ4v) is 2.43. The molecule has 0 fully saturated rings. The Bertz CT molecular complexity index is 734. The number of ether oxygens (including phenoxy) is 1. The number of guanidine groups is 1. The van der Waals surface area contributed by atoms with Crippen LogP contribution >= 0.6 is 11.6 Å². The Labute approximate surface area is 150 Å². The second kappa shape index (κ2) is 8.71. The van der Waals surface area contributed by atoms with E-state index in [4.69, 9.17) is 16.0 Å². The largest absolute Gasteiger partial charge is 0.464 e. The summed E-state index contributed by atoms with van der Waals surface area (Å²) in [5.41, 5.74) is 0.497. The minimum Gasteiger partial charge on any atom is -0.464 e. The zero-order chi connectivity index (χ0) is 18.4. The lowest BCUT2D eigenvalue weighted by molar-refractivity contribution is -0.0504. The van der Waals surface area contributed by atoms with Crippen LogP contribution in [0.15, 0.2) is 39.7 Å². The molecular formula is C17H20ClF2N3O2. The fourth-order valence-electron chi connectivity index (χ4n) is 2.23. The molecule has 1 atom stereocenters. The van der Waals surface area contributed by atoms with Crippen molar-refractivity contribution in [1.82, 2.24) is 10.6 Å². The molecule has 0 spiro atoms. The molecule has 25 heavy (non-hydrogen) atoms. The molecule has 2 aromatic rings. The van der Waals surface area contributed by atoms with Crippen LogP contribution in [0.4, 0.5) is 8.78 Å². The first kappa shape index (κ1) is 19.1. The Kier molecular flexibility index (Phi) is 6.64. The van der Waals surface area contributed by atoms with Crippen molar-refractivity contribution in [2.75, 3.05) is 7.05 Å². The maximum Gasteiger partial charge on any atom is 0.387 e.